The van der Waals surface area contributed by atoms with Crippen LogP contribution in [0.5, 0.6) is 0 Å². The van der Waals surface area contributed by atoms with Crippen molar-refractivity contribution in [3.63, 3.8) is 0 Å². The van der Waals surface area contributed by atoms with E-state index in [1.807, 2.05) is 69.3 Å². The largest absolute Gasteiger partial charge is 0.453 e. The van der Waals surface area contributed by atoms with E-state index in [4.69, 9.17) is 0 Å². The molecule has 6 amide bonds. The maximum absolute atomic E-state index is 13.3. The Bertz CT molecular complexity index is 1560. The maximum atomic E-state index is 13.3. The van der Waals surface area contributed by atoms with Crippen LogP contribution >= 0.6 is 0 Å². The molecule has 4 N–H and O–H groups in total. The van der Waals surface area contributed by atoms with Crippen LogP contribution in [0.15, 0.2) is 48.5 Å². The highest BCUT2D eigenvalue weighted by atomic mass is 16.5. The minimum absolute atomic E-state index is 0.100. The molecule has 52 heavy (non-hydrogen) atoms. The monoisotopic (exact) mass is 720 g/mol. The van der Waals surface area contributed by atoms with Gasteiger partial charge in [0.15, 0.2) is 0 Å². The molecule has 0 aromatic heterocycles. The molecule has 2 aromatic carbocycles. The van der Waals surface area contributed by atoms with Gasteiger partial charge in [-0.1, -0.05) is 45.0 Å². The standard InChI is InChI=1S/C38H52N6O8/c1-24(2)33(42-38(50)52-5)36(48)44-21-7-9-31(44)35(47)41-29-18-14-27(15-19-29)11-10-26-12-16-28(17-13-26)40-34(46)30-8-6-20-43(30)32(45)22-25(3)23-39-37(49)51-4/h12-19,24-25,30-31,33H,6-11,20-23H2,1-5H3,(H,39,49)(H,40,46)(H,41,47)(H,42,50). The average molecular weight is 721 g/mol. The number of hydrogen-bond acceptors (Lipinski definition) is 8. The van der Waals surface area contributed by atoms with E-state index < -0.39 is 30.3 Å². The van der Waals surface area contributed by atoms with E-state index in [1.165, 1.54) is 14.2 Å². The molecule has 14 nitrogen and oxygen atoms in total. The highest BCUT2D eigenvalue weighted by Gasteiger charge is 2.39. The molecule has 0 aliphatic carbocycles. The summed E-state index contributed by atoms with van der Waals surface area (Å²) in [5, 5.41) is 11.1. The minimum Gasteiger partial charge on any atom is -0.453 e. The smallest absolute Gasteiger partial charge is 0.407 e. The second-order valence-corrected chi connectivity index (χ2v) is 13.8. The first kappa shape index (κ1) is 39.6. The molecule has 2 aromatic rings. The van der Waals surface area contributed by atoms with Crippen molar-refractivity contribution in [1.82, 2.24) is 20.4 Å². The van der Waals surface area contributed by atoms with E-state index >= 15 is 0 Å². The number of nitrogens with one attached hydrogen (secondary N) is 4. The van der Waals surface area contributed by atoms with E-state index in [9.17, 15) is 28.8 Å². The molecule has 0 bridgehead atoms. The number of nitrogens with zero attached hydrogens (tertiary/aromatic N) is 2. The first-order valence-corrected chi connectivity index (χ1v) is 18.0. The Hall–Kier alpha value is -5.14. The Balaban J connectivity index is 1.24. The van der Waals surface area contributed by atoms with Gasteiger partial charge in [-0.15, -0.1) is 0 Å². The number of amides is 6. The van der Waals surface area contributed by atoms with Crippen LogP contribution in [0.3, 0.4) is 0 Å². The molecule has 0 spiro atoms. The van der Waals surface area contributed by atoms with Crippen molar-refractivity contribution in [3.05, 3.63) is 59.7 Å². The van der Waals surface area contributed by atoms with Crippen LogP contribution in [-0.2, 0) is 41.5 Å². The fourth-order valence-electron chi connectivity index (χ4n) is 6.59. The van der Waals surface area contributed by atoms with Crippen molar-refractivity contribution in [2.24, 2.45) is 11.8 Å². The number of aryl methyl sites for hydroxylation is 2. The summed E-state index contributed by atoms with van der Waals surface area (Å²) in [6.07, 6.45) is 3.10. The lowest BCUT2D eigenvalue weighted by Crippen LogP contribution is -2.54. The molecular formula is C38H52N6O8. The Labute approximate surface area is 305 Å². The quantitative estimate of drug-likeness (QED) is 0.226. The van der Waals surface area contributed by atoms with Gasteiger partial charge >= 0.3 is 12.2 Å². The van der Waals surface area contributed by atoms with Crippen LogP contribution in [0, 0.1) is 11.8 Å². The van der Waals surface area contributed by atoms with Gasteiger partial charge in [0.2, 0.25) is 23.6 Å². The summed E-state index contributed by atoms with van der Waals surface area (Å²) in [6, 6.07) is 13.3. The van der Waals surface area contributed by atoms with Gasteiger partial charge in [0.05, 0.1) is 14.2 Å². The lowest BCUT2D eigenvalue weighted by Gasteiger charge is -2.30. The highest BCUT2D eigenvalue weighted by molar-refractivity contribution is 5.99. The molecule has 4 rings (SSSR count). The van der Waals surface area contributed by atoms with Crippen LogP contribution in [-0.4, -0.2) is 97.6 Å². The predicted molar refractivity (Wildman–Crippen MR) is 195 cm³/mol. The third kappa shape index (κ3) is 10.9. The lowest BCUT2D eigenvalue weighted by molar-refractivity contribution is -0.139. The summed E-state index contributed by atoms with van der Waals surface area (Å²) in [7, 11) is 2.53. The molecule has 2 aliphatic heterocycles. The molecular weight excluding hydrogens is 668 g/mol. The molecule has 4 unspecified atom stereocenters. The van der Waals surface area contributed by atoms with Gasteiger partial charge in [-0.3, -0.25) is 19.2 Å². The number of carbonyl (C=O) groups is 6. The number of alkyl carbamates (subject to hydrolysis) is 2. The van der Waals surface area contributed by atoms with Gasteiger partial charge in [0, 0.05) is 37.4 Å². The maximum Gasteiger partial charge on any atom is 0.407 e. The summed E-state index contributed by atoms with van der Waals surface area (Å²) in [5.74, 6) is -1.17. The minimum atomic E-state index is -0.791. The SMILES string of the molecule is COC(=O)NCC(C)CC(=O)N1CCCC1C(=O)Nc1ccc(CCc2ccc(NC(=O)C3CCCN3C(=O)C(NC(=O)OC)C(C)C)cc2)cc1. The number of methoxy groups -OCH3 is 2. The summed E-state index contributed by atoms with van der Waals surface area (Å²) < 4.78 is 9.25. The third-order valence-corrected chi connectivity index (χ3v) is 9.55. The van der Waals surface area contributed by atoms with E-state index in [2.05, 4.69) is 30.7 Å². The Kier molecular flexibility index (Phi) is 14.4. The van der Waals surface area contributed by atoms with E-state index in [0.717, 1.165) is 30.4 Å². The first-order valence-electron chi connectivity index (χ1n) is 18.0. The number of ether oxygens (including phenoxy) is 2. The van der Waals surface area contributed by atoms with Crippen molar-refractivity contribution in [2.45, 2.75) is 83.8 Å². The topological polar surface area (TPSA) is 175 Å². The summed E-state index contributed by atoms with van der Waals surface area (Å²) >= 11 is 0. The van der Waals surface area contributed by atoms with E-state index in [1.54, 1.807) is 9.80 Å². The van der Waals surface area contributed by atoms with Gasteiger partial charge in [0.25, 0.3) is 0 Å². The van der Waals surface area contributed by atoms with E-state index in [-0.39, 0.29) is 41.9 Å². The molecule has 2 saturated heterocycles. The van der Waals surface area contributed by atoms with E-state index in [0.29, 0.717) is 50.3 Å². The fourth-order valence-corrected chi connectivity index (χ4v) is 6.59. The molecule has 2 heterocycles. The summed E-state index contributed by atoms with van der Waals surface area (Å²) in [4.78, 5) is 78.9. The first-order chi connectivity index (χ1) is 24.9. The molecule has 2 fully saturated rings. The van der Waals surface area contributed by atoms with Crippen molar-refractivity contribution in [2.75, 3.05) is 44.5 Å². The Morgan fingerprint density at radius 2 is 1.19 bits per heavy atom. The number of anilines is 2. The fraction of sp³-hybridized carbons (Fsp3) is 0.526. The Morgan fingerprint density at radius 3 is 1.67 bits per heavy atom. The number of benzene rings is 2. The number of carbonyl (C=O) groups excluding carboxylic acids is 6. The van der Waals surface area contributed by atoms with Crippen LogP contribution in [0.1, 0.15) is 64.0 Å². The van der Waals surface area contributed by atoms with Crippen molar-refractivity contribution < 1.29 is 38.2 Å². The molecule has 4 atom stereocenters. The second-order valence-electron chi connectivity index (χ2n) is 13.8. The Morgan fingerprint density at radius 1 is 0.712 bits per heavy atom. The van der Waals surface area contributed by atoms with Gasteiger partial charge in [-0.2, -0.15) is 0 Å². The van der Waals surface area contributed by atoms with Crippen LogP contribution < -0.4 is 21.3 Å². The van der Waals surface area contributed by atoms with Crippen LogP contribution in [0.4, 0.5) is 21.0 Å². The normalized spacial score (nSPS) is 18.0. The predicted octanol–water partition coefficient (Wildman–Crippen LogP) is 4.09. The number of rotatable bonds is 14. The van der Waals surface area contributed by atoms with Crippen molar-refractivity contribution in [1.29, 1.82) is 0 Å². The average Bonchev–Trinajstić information content (AvgIpc) is 3.84. The zero-order valence-corrected chi connectivity index (χ0v) is 30.7. The van der Waals surface area contributed by atoms with Crippen LogP contribution in [0.2, 0.25) is 0 Å². The van der Waals surface area contributed by atoms with Gasteiger partial charge < -0.3 is 40.5 Å². The van der Waals surface area contributed by atoms with Crippen LogP contribution in [0.25, 0.3) is 0 Å². The third-order valence-electron chi connectivity index (χ3n) is 9.55. The van der Waals surface area contributed by atoms with Gasteiger partial charge in [0.1, 0.15) is 18.1 Å². The number of likely N-dealkylation sites (tertiary alicyclic amines) is 2. The summed E-state index contributed by atoms with van der Waals surface area (Å²) in [5.41, 5.74) is 3.47. The zero-order valence-electron chi connectivity index (χ0n) is 30.7. The van der Waals surface area contributed by atoms with Crippen molar-refractivity contribution >= 4 is 47.2 Å². The second kappa shape index (κ2) is 18.9. The zero-order chi connectivity index (χ0) is 37.8. The molecule has 0 radical (unpaired) electrons. The number of hydrogen-bond donors (Lipinski definition) is 4. The highest BCUT2D eigenvalue weighted by Crippen LogP contribution is 2.24. The molecule has 14 heteroatoms. The molecule has 2 aliphatic rings. The molecule has 282 valence electrons. The van der Waals surface area contributed by atoms with Gasteiger partial charge in [-0.25, -0.2) is 9.59 Å². The molecule has 0 saturated carbocycles. The lowest BCUT2D eigenvalue weighted by atomic mass is 10.0. The van der Waals surface area contributed by atoms with Gasteiger partial charge in [-0.05, 0) is 85.8 Å². The summed E-state index contributed by atoms with van der Waals surface area (Å²) in [6.45, 7) is 6.80. The van der Waals surface area contributed by atoms with Crippen molar-refractivity contribution in [3.8, 4) is 0 Å².